The molecule has 1 aromatic rings. The maximum Gasteiger partial charge on any atom is 0.211 e. The Morgan fingerprint density at radius 1 is 1.64 bits per heavy atom. The molecule has 0 radical (unpaired) electrons. The van der Waals surface area contributed by atoms with Crippen LogP contribution >= 0.6 is 0 Å². The number of piperidine rings is 1. The van der Waals surface area contributed by atoms with Gasteiger partial charge in [0.05, 0.1) is 12.6 Å². The lowest BCUT2D eigenvalue weighted by Crippen LogP contribution is -2.64. The molecule has 22 heavy (non-hydrogen) atoms. The van der Waals surface area contributed by atoms with Gasteiger partial charge in [-0.15, -0.1) is 0 Å². The van der Waals surface area contributed by atoms with Crippen molar-refractivity contribution >= 4 is 0 Å². The summed E-state index contributed by atoms with van der Waals surface area (Å²) in [6.45, 7) is -2.78. The predicted molar refractivity (Wildman–Crippen MR) is 82.5 cm³/mol. The van der Waals surface area contributed by atoms with Crippen LogP contribution in [0.2, 0.25) is 0 Å². The fraction of sp³-hybridized carbons (Fsp3) is 0.556. The third kappa shape index (κ3) is 1.28. The number of hydrogen-bond donors (Lipinski definition) is 1. The lowest BCUT2D eigenvalue weighted by molar-refractivity contribution is -0.0453. The van der Waals surface area contributed by atoms with Crippen molar-refractivity contribution in [3.63, 3.8) is 0 Å². The lowest BCUT2D eigenvalue weighted by atomic mass is 9.53. The van der Waals surface area contributed by atoms with Crippen LogP contribution in [0.3, 0.4) is 0 Å². The van der Waals surface area contributed by atoms with Crippen molar-refractivity contribution in [3.8, 4) is 11.5 Å². The van der Waals surface area contributed by atoms with E-state index in [4.69, 9.17) is 21.9 Å². The average Bonchev–Trinajstić information content (AvgIpc) is 2.96. The van der Waals surface area contributed by atoms with E-state index in [1.165, 1.54) is 13.2 Å². The van der Waals surface area contributed by atoms with Gasteiger partial charge >= 0.3 is 0 Å². The Morgan fingerprint density at radius 3 is 3.41 bits per heavy atom. The predicted octanol–water partition coefficient (Wildman–Crippen LogP) is 1.50. The van der Waals surface area contributed by atoms with E-state index in [9.17, 15) is 1.37 Å². The van der Waals surface area contributed by atoms with Gasteiger partial charge in [-0.1, -0.05) is 18.2 Å². The molecule has 0 saturated carbocycles. The standard InChI is InChI=1S/C18H21NO3/c1-19-8-7-18-11-4-5-13(20)17(18)22-16-14(21-2)6-3-10(15(16)18)9-12(11)19/h3-6,11-13,17,20H,7-9H2,1-2H3/t11-,12+,13?,17?,18-/m0/s1/i1D3,3D,6D,9D2,13D,17D,20D. The largest absolute Gasteiger partial charge is 0.493 e. The highest BCUT2D eigenvalue weighted by Crippen LogP contribution is 2.62. The lowest BCUT2D eigenvalue weighted by Gasteiger charge is -2.56. The molecule has 2 aliphatic carbocycles. The van der Waals surface area contributed by atoms with Crippen LogP contribution in [0.25, 0.3) is 0 Å². The topological polar surface area (TPSA) is 41.9 Å². The number of likely N-dealkylation sites (tertiary alicyclic amines) is 1. The number of aliphatic hydroxyl groups is 1. The van der Waals surface area contributed by atoms with Crippen molar-refractivity contribution in [3.05, 3.63) is 35.4 Å². The van der Waals surface area contributed by atoms with Crippen LogP contribution in [0.1, 0.15) is 29.9 Å². The van der Waals surface area contributed by atoms with E-state index in [1.807, 2.05) is 0 Å². The van der Waals surface area contributed by atoms with Gasteiger partial charge in [0.15, 0.2) is 11.5 Å². The highest BCUT2D eigenvalue weighted by molar-refractivity contribution is 5.62. The van der Waals surface area contributed by atoms with Gasteiger partial charge in [0.1, 0.15) is 12.2 Å². The zero-order chi connectivity index (χ0) is 23.6. The van der Waals surface area contributed by atoms with Crippen LogP contribution in [-0.4, -0.2) is 50.3 Å². The monoisotopic (exact) mass is 309 g/mol. The van der Waals surface area contributed by atoms with Crippen LogP contribution in [-0.2, 0) is 11.8 Å². The highest BCUT2D eigenvalue weighted by atomic mass is 16.5. The Kier molecular flexibility index (Phi) is 1.21. The summed E-state index contributed by atoms with van der Waals surface area (Å²) >= 11 is 0. The molecule has 2 unspecified atom stereocenters. The Hall–Kier alpha value is -1.52. The van der Waals surface area contributed by atoms with Gasteiger partial charge in [-0.2, -0.15) is 0 Å². The molecule has 1 fully saturated rings. The summed E-state index contributed by atoms with van der Waals surface area (Å²) in [6.07, 6.45) is -4.46. The number of rotatable bonds is 2. The van der Waals surface area contributed by atoms with Gasteiger partial charge in [0, 0.05) is 29.8 Å². The molecule has 1 N–H and O–H groups in total. The van der Waals surface area contributed by atoms with E-state index in [-0.39, 0.29) is 35.6 Å². The van der Waals surface area contributed by atoms with Crippen molar-refractivity contribution in [2.75, 3.05) is 20.6 Å². The van der Waals surface area contributed by atoms with Crippen LogP contribution in [0.4, 0.5) is 0 Å². The van der Waals surface area contributed by atoms with Crippen molar-refractivity contribution in [1.82, 2.24) is 4.90 Å². The average molecular weight is 309 g/mol. The fourth-order valence-electron chi connectivity index (χ4n) is 4.29. The van der Waals surface area contributed by atoms with E-state index < -0.39 is 55.0 Å². The van der Waals surface area contributed by atoms with Crippen LogP contribution in [0, 0.1) is 5.92 Å². The molecule has 5 rings (SSSR count). The molecule has 2 bridgehead atoms. The first-order valence-corrected chi connectivity index (χ1v) is 7.24. The van der Waals surface area contributed by atoms with E-state index in [0.717, 1.165) is 11.0 Å². The van der Waals surface area contributed by atoms with Crippen molar-refractivity contribution in [2.45, 2.75) is 36.4 Å². The number of nitrogens with zero attached hydrogens (tertiary/aromatic N) is 1. The zero-order valence-corrected chi connectivity index (χ0v) is 11.9. The molecule has 0 aromatic heterocycles. The fourth-order valence-corrected chi connectivity index (χ4v) is 4.29. The second-order valence-electron chi connectivity index (χ2n) is 6.05. The number of likely N-dealkylation sites (N-methyl/N-ethyl adjacent to an activating group) is 1. The van der Waals surface area contributed by atoms with Crippen LogP contribution < -0.4 is 9.47 Å². The summed E-state index contributed by atoms with van der Waals surface area (Å²) in [5, 5.41) is 4.67. The summed E-state index contributed by atoms with van der Waals surface area (Å²) in [7, 11) is 1.26. The molecule has 1 spiro atoms. The molecule has 4 nitrogen and oxygen atoms in total. The molecule has 5 atom stereocenters. The van der Waals surface area contributed by atoms with E-state index in [0.29, 0.717) is 0 Å². The van der Waals surface area contributed by atoms with Gasteiger partial charge in [-0.25, -0.2) is 0 Å². The van der Waals surface area contributed by atoms with E-state index in [1.54, 1.807) is 0 Å². The quantitative estimate of drug-likeness (QED) is 0.841. The molecule has 4 heteroatoms. The Labute approximate surface area is 144 Å². The minimum atomic E-state index is -2.65. The van der Waals surface area contributed by atoms with Gasteiger partial charge < -0.3 is 19.5 Å². The molecule has 1 aromatic carbocycles. The number of hydrogen-bond acceptors (Lipinski definition) is 4. The highest BCUT2D eigenvalue weighted by Gasteiger charge is 2.64. The summed E-state index contributed by atoms with van der Waals surface area (Å²) in [5.74, 6) is -1.21. The molecule has 116 valence electrons. The Morgan fingerprint density at radius 2 is 2.59 bits per heavy atom. The molecule has 1 saturated heterocycles. The molecule has 2 aliphatic heterocycles. The molecule has 2 heterocycles. The van der Waals surface area contributed by atoms with Gasteiger partial charge in [0.25, 0.3) is 0 Å². The smallest absolute Gasteiger partial charge is 0.211 e. The van der Waals surface area contributed by atoms with E-state index >= 15 is 0 Å². The Balaban J connectivity index is 1.96. The van der Waals surface area contributed by atoms with Crippen molar-refractivity contribution in [1.29, 1.82) is 1.43 Å². The second-order valence-corrected chi connectivity index (χ2v) is 6.05. The zero-order valence-electron chi connectivity index (χ0n) is 21.9. The molecular weight excluding hydrogens is 278 g/mol. The summed E-state index contributed by atoms with van der Waals surface area (Å²) < 4.78 is 95.7. The number of methoxy groups -OCH3 is 1. The molecule has 0 amide bonds. The minimum Gasteiger partial charge on any atom is -0.493 e. The van der Waals surface area contributed by atoms with Crippen molar-refractivity contribution in [2.24, 2.45) is 5.92 Å². The third-order valence-electron chi connectivity index (χ3n) is 5.21. The molecular formula is C18H21NO3. The van der Waals surface area contributed by atoms with Crippen LogP contribution in [0.5, 0.6) is 11.5 Å². The normalized spacial score (nSPS) is 57.1. The Bertz CT molecular complexity index is 1060. The van der Waals surface area contributed by atoms with Gasteiger partial charge in [-0.3, -0.25) is 0 Å². The number of benzene rings is 1. The second kappa shape index (κ2) is 4.06. The van der Waals surface area contributed by atoms with Gasteiger partial charge in [-0.05, 0) is 37.9 Å². The third-order valence-corrected chi connectivity index (χ3v) is 5.21. The first kappa shape index (κ1) is 6.54. The SMILES string of the molecule is [2H]OC1([2H])C=C[C@H]2[C@@H]3N(C([2H])([2H])[2H])CC[C@@]24c2c(c(OC)c([2H])c([2H])c2C3([2H])[2H])OC14[2H]. The van der Waals surface area contributed by atoms with Crippen molar-refractivity contribution < 1.29 is 26.9 Å². The minimum absolute atomic E-state index is 0.0135. The summed E-state index contributed by atoms with van der Waals surface area (Å²) in [4.78, 5) is 1.06. The molecule has 4 aliphatic rings. The first-order valence-electron chi connectivity index (χ1n) is 12.2. The van der Waals surface area contributed by atoms with E-state index in [2.05, 4.69) is 5.11 Å². The van der Waals surface area contributed by atoms with Gasteiger partial charge in [0.2, 0.25) is 1.43 Å². The van der Waals surface area contributed by atoms with Crippen LogP contribution in [0.15, 0.2) is 24.2 Å². The summed E-state index contributed by atoms with van der Waals surface area (Å²) in [6, 6.07) is -2.26. The maximum atomic E-state index is 9.31. The maximum absolute atomic E-state index is 9.31. The number of ether oxygens (including phenoxy) is 2. The summed E-state index contributed by atoms with van der Waals surface area (Å²) in [5.41, 5.74) is -1.57. The first-order chi connectivity index (χ1) is 14.7.